The van der Waals surface area contributed by atoms with Gasteiger partial charge in [-0.15, -0.1) is 0 Å². The van der Waals surface area contributed by atoms with Crippen molar-refractivity contribution in [3.8, 4) is 5.75 Å². The molecule has 0 unspecified atom stereocenters. The van der Waals surface area contributed by atoms with Gasteiger partial charge in [0.05, 0.1) is 10.6 Å². The standard InChI is InChI=1S/C8H12N2O3S/c1-10(2)14(12,13)6-3-4-8(11)7(9)5-6/h3-5,11H,9H2,1-2H3. The molecule has 0 heterocycles. The van der Waals surface area contributed by atoms with Crippen molar-refractivity contribution in [1.82, 2.24) is 4.31 Å². The first kappa shape index (κ1) is 10.8. The van der Waals surface area contributed by atoms with Crippen LogP contribution in [-0.2, 0) is 10.0 Å². The maximum atomic E-state index is 11.6. The molecule has 0 fully saturated rings. The van der Waals surface area contributed by atoms with E-state index in [0.717, 1.165) is 4.31 Å². The molecule has 0 amide bonds. The fraction of sp³-hybridized carbons (Fsp3) is 0.250. The molecule has 6 heteroatoms. The minimum absolute atomic E-state index is 0.0490. The molecule has 1 aromatic rings. The van der Waals surface area contributed by atoms with Crippen molar-refractivity contribution in [3.63, 3.8) is 0 Å². The summed E-state index contributed by atoms with van der Waals surface area (Å²) in [7, 11) is -0.616. The van der Waals surface area contributed by atoms with Crippen molar-refractivity contribution in [2.45, 2.75) is 4.90 Å². The zero-order valence-corrected chi connectivity index (χ0v) is 8.75. The van der Waals surface area contributed by atoms with E-state index in [9.17, 15) is 8.42 Å². The predicted molar refractivity (Wildman–Crippen MR) is 53.4 cm³/mol. The molecule has 0 radical (unpaired) electrons. The van der Waals surface area contributed by atoms with Crippen LogP contribution in [0, 0.1) is 0 Å². The number of hydrogen-bond donors (Lipinski definition) is 2. The van der Waals surface area contributed by atoms with Gasteiger partial charge >= 0.3 is 0 Å². The van der Waals surface area contributed by atoms with E-state index in [1.54, 1.807) is 0 Å². The van der Waals surface area contributed by atoms with Gasteiger partial charge in [-0.2, -0.15) is 0 Å². The third-order valence-corrected chi connectivity index (χ3v) is 3.59. The highest BCUT2D eigenvalue weighted by atomic mass is 32.2. The Balaban J connectivity index is 3.29. The number of nitrogens with two attached hydrogens (primary N) is 1. The van der Waals surface area contributed by atoms with Gasteiger partial charge in [0.25, 0.3) is 0 Å². The molecule has 0 atom stereocenters. The van der Waals surface area contributed by atoms with Crippen molar-refractivity contribution in [3.05, 3.63) is 18.2 Å². The van der Waals surface area contributed by atoms with Crippen molar-refractivity contribution < 1.29 is 13.5 Å². The van der Waals surface area contributed by atoms with Crippen LogP contribution in [0.15, 0.2) is 23.1 Å². The Morgan fingerprint density at radius 1 is 1.36 bits per heavy atom. The van der Waals surface area contributed by atoms with E-state index >= 15 is 0 Å². The van der Waals surface area contributed by atoms with Crippen LogP contribution >= 0.6 is 0 Å². The van der Waals surface area contributed by atoms with Gasteiger partial charge in [-0.3, -0.25) is 0 Å². The molecule has 1 aromatic carbocycles. The highest BCUT2D eigenvalue weighted by Gasteiger charge is 2.17. The van der Waals surface area contributed by atoms with Gasteiger partial charge in [0.2, 0.25) is 10.0 Å². The number of sulfonamides is 1. The molecule has 3 N–H and O–H groups in total. The third kappa shape index (κ3) is 1.80. The molecule has 14 heavy (non-hydrogen) atoms. The molecule has 5 nitrogen and oxygen atoms in total. The maximum absolute atomic E-state index is 11.6. The molecule has 0 aliphatic carbocycles. The molecular formula is C8H12N2O3S. The van der Waals surface area contributed by atoms with Gasteiger partial charge in [0.15, 0.2) is 0 Å². The summed E-state index contributed by atoms with van der Waals surface area (Å²) in [5.41, 5.74) is 5.43. The van der Waals surface area contributed by atoms with Crippen molar-refractivity contribution in [1.29, 1.82) is 0 Å². The smallest absolute Gasteiger partial charge is 0.242 e. The van der Waals surface area contributed by atoms with Crippen molar-refractivity contribution in [2.24, 2.45) is 0 Å². The first-order valence-electron chi connectivity index (χ1n) is 3.86. The van der Waals surface area contributed by atoms with Crippen LogP contribution in [-0.4, -0.2) is 31.9 Å². The monoisotopic (exact) mass is 216 g/mol. The van der Waals surface area contributed by atoms with Crippen LogP contribution in [0.1, 0.15) is 0 Å². The fourth-order valence-electron chi connectivity index (χ4n) is 0.904. The summed E-state index contributed by atoms with van der Waals surface area (Å²) in [5, 5.41) is 9.11. The Labute approximate surface area is 82.8 Å². The number of benzene rings is 1. The number of phenols is 1. The van der Waals surface area contributed by atoms with Gasteiger partial charge in [-0.1, -0.05) is 0 Å². The number of nitrogens with zero attached hydrogens (tertiary/aromatic N) is 1. The number of phenolic OH excluding ortho intramolecular Hbond substituents is 1. The van der Waals surface area contributed by atoms with E-state index in [0.29, 0.717) is 0 Å². The largest absolute Gasteiger partial charge is 0.506 e. The molecular weight excluding hydrogens is 204 g/mol. The van der Waals surface area contributed by atoms with E-state index < -0.39 is 10.0 Å². The third-order valence-electron chi connectivity index (χ3n) is 1.78. The Hall–Kier alpha value is -1.27. The summed E-state index contributed by atoms with van der Waals surface area (Å²) in [6, 6.07) is 3.79. The van der Waals surface area contributed by atoms with Gasteiger partial charge in [-0.05, 0) is 18.2 Å². The molecule has 0 aromatic heterocycles. The van der Waals surface area contributed by atoms with E-state index in [1.165, 1.54) is 32.3 Å². The molecule has 0 saturated carbocycles. The normalized spacial score (nSPS) is 11.9. The second-order valence-electron chi connectivity index (χ2n) is 3.01. The Kier molecular flexibility index (Phi) is 2.68. The second kappa shape index (κ2) is 3.47. The van der Waals surface area contributed by atoms with Crippen LogP contribution < -0.4 is 5.73 Å². The minimum atomic E-state index is -3.47. The highest BCUT2D eigenvalue weighted by Crippen LogP contribution is 2.24. The van der Waals surface area contributed by atoms with Crippen LogP contribution in [0.3, 0.4) is 0 Å². The van der Waals surface area contributed by atoms with E-state index in [4.69, 9.17) is 10.8 Å². The first-order valence-corrected chi connectivity index (χ1v) is 5.30. The number of anilines is 1. The molecule has 0 bridgehead atoms. The van der Waals surface area contributed by atoms with Gasteiger partial charge in [0, 0.05) is 14.1 Å². The Morgan fingerprint density at radius 3 is 2.36 bits per heavy atom. The lowest BCUT2D eigenvalue weighted by Gasteiger charge is -2.11. The number of hydrogen-bond acceptors (Lipinski definition) is 4. The molecule has 0 aliphatic rings. The van der Waals surface area contributed by atoms with Gasteiger partial charge in [-0.25, -0.2) is 12.7 Å². The average molecular weight is 216 g/mol. The summed E-state index contributed by atoms with van der Waals surface area (Å²) < 4.78 is 24.3. The second-order valence-corrected chi connectivity index (χ2v) is 5.16. The van der Waals surface area contributed by atoms with Crippen molar-refractivity contribution in [2.75, 3.05) is 19.8 Å². The highest BCUT2D eigenvalue weighted by molar-refractivity contribution is 7.89. The van der Waals surface area contributed by atoms with Gasteiger partial charge in [0.1, 0.15) is 5.75 Å². The zero-order valence-electron chi connectivity index (χ0n) is 7.93. The van der Waals surface area contributed by atoms with Crippen LogP contribution in [0.5, 0.6) is 5.75 Å². The van der Waals surface area contributed by atoms with Crippen LogP contribution in [0.2, 0.25) is 0 Å². The molecule has 0 saturated heterocycles. The lowest BCUT2D eigenvalue weighted by atomic mass is 10.3. The summed E-state index contributed by atoms with van der Waals surface area (Å²) in [6.07, 6.45) is 0. The van der Waals surface area contributed by atoms with Crippen molar-refractivity contribution >= 4 is 15.7 Å². The fourth-order valence-corrected chi connectivity index (χ4v) is 1.84. The van der Waals surface area contributed by atoms with E-state index in [1.807, 2.05) is 0 Å². The summed E-state index contributed by atoms with van der Waals surface area (Å²) in [5.74, 6) is -0.122. The summed E-state index contributed by atoms with van der Waals surface area (Å²) in [6.45, 7) is 0. The zero-order chi connectivity index (χ0) is 10.9. The Bertz CT molecular complexity index is 440. The predicted octanol–water partition coefficient (Wildman–Crippen LogP) is 0.225. The minimum Gasteiger partial charge on any atom is -0.506 e. The topological polar surface area (TPSA) is 83.6 Å². The summed E-state index contributed by atoms with van der Waals surface area (Å²) >= 11 is 0. The SMILES string of the molecule is CN(C)S(=O)(=O)c1ccc(O)c(N)c1. The maximum Gasteiger partial charge on any atom is 0.242 e. The molecule has 0 aliphatic heterocycles. The first-order chi connectivity index (χ1) is 6.35. The number of nitrogen functional groups attached to an aromatic ring is 1. The Morgan fingerprint density at radius 2 is 1.93 bits per heavy atom. The quantitative estimate of drug-likeness (QED) is 0.547. The number of rotatable bonds is 2. The lowest BCUT2D eigenvalue weighted by Crippen LogP contribution is -2.22. The molecule has 78 valence electrons. The van der Waals surface area contributed by atoms with E-state index in [-0.39, 0.29) is 16.3 Å². The van der Waals surface area contributed by atoms with E-state index in [2.05, 4.69) is 0 Å². The lowest BCUT2D eigenvalue weighted by molar-refractivity contribution is 0.477. The average Bonchev–Trinajstić information content (AvgIpc) is 2.09. The van der Waals surface area contributed by atoms with Gasteiger partial charge < -0.3 is 10.8 Å². The van der Waals surface area contributed by atoms with Crippen LogP contribution in [0.25, 0.3) is 0 Å². The number of aromatic hydroxyl groups is 1. The molecule has 0 spiro atoms. The molecule has 1 rings (SSSR count). The van der Waals surface area contributed by atoms with Crippen LogP contribution in [0.4, 0.5) is 5.69 Å². The summed E-state index contributed by atoms with van der Waals surface area (Å²) in [4.78, 5) is 0.0674.